The standard InChI is InChI=1S/C13H17F2N3O.ClH/c1-17-4-5-18(10(7-16)8-17)13(19)11-6-9(14)2-3-12(11)15;/h2-3,6,10H,4-5,7-8,16H2,1H3;1H. The number of carbonyl (C=O) groups is 1. The Balaban J connectivity index is 0.00000200. The van der Waals surface area contributed by atoms with Gasteiger partial charge in [-0.05, 0) is 25.2 Å². The van der Waals surface area contributed by atoms with Gasteiger partial charge in [-0.2, -0.15) is 0 Å². The summed E-state index contributed by atoms with van der Waals surface area (Å²) in [5, 5.41) is 0. The lowest BCUT2D eigenvalue weighted by Crippen LogP contribution is -2.56. The van der Waals surface area contributed by atoms with Gasteiger partial charge in [0, 0.05) is 26.2 Å². The van der Waals surface area contributed by atoms with Gasteiger partial charge in [0.2, 0.25) is 0 Å². The van der Waals surface area contributed by atoms with Gasteiger partial charge in [0.25, 0.3) is 5.91 Å². The molecule has 1 saturated heterocycles. The Hall–Kier alpha value is -1.24. The average Bonchev–Trinajstić information content (AvgIpc) is 2.40. The molecule has 112 valence electrons. The number of hydrogen-bond acceptors (Lipinski definition) is 3. The minimum atomic E-state index is -0.707. The van der Waals surface area contributed by atoms with Gasteiger partial charge >= 0.3 is 0 Å². The van der Waals surface area contributed by atoms with Gasteiger partial charge in [-0.3, -0.25) is 4.79 Å². The monoisotopic (exact) mass is 305 g/mol. The fourth-order valence-electron chi connectivity index (χ4n) is 2.30. The maximum atomic E-state index is 13.6. The summed E-state index contributed by atoms with van der Waals surface area (Å²) < 4.78 is 26.8. The first-order chi connectivity index (χ1) is 9.02. The Labute approximate surface area is 122 Å². The van der Waals surface area contributed by atoms with Gasteiger partial charge in [-0.1, -0.05) is 0 Å². The number of benzene rings is 1. The highest BCUT2D eigenvalue weighted by atomic mass is 35.5. The predicted molar refractivity (Wildman–Crippen MR) is 75.0 cm³/mol. The summed E-state index contributed by atoms with van der Waals surface area (Å²) in [6, 6.07) is 2.73. The van der Waals surface area contributed by atoms with Crippen LogP contribution >= 0.6 is 12.4 Å². The second-order valence-corrected chi connectivity index (χ2v) is 4.77. The van der Waals surface area contributed by atoms with Crippen LogP contribution in [0.1, 0.15) is 10.4 Å². The first-order valence-electron chi connectivity index (χ1n) is 6.17. The third-order valence-electron chi connectivity index (χ3n) is 3.38. The van der Waals surface area contributed by atoms with Crippen LogP contribution in [-0.2, 0) is 0 Å². The highest BCUT2D eigenvalue weighted by Gasteiger charge is 2.30. The Morgan fingerprint density at radius 2 is 2.10 bits per heavy atom. The van der Waals surface area contributed by atoms with E-state index in [0.717, 1.165) is 18.2 Å². The lowest BCUT2D eigenvalue weighted by molar-refractivity contribution is 0.0511. The van der Waals surface area contributed by atoms with E-state index in [1.807, 2.05) is 7.05 Å². The number of piperazine rings is 1. The molecule has 4 nitrogen and oxygen atoms in total. The zero-order valence-corrected chi connectivity index (χ0v) is 12.0. The van der Waals surface area contributed by atoms with E-state index in [4.69, 9.17) is 5.73 Å². The van der Waals surface area contributed by atoms with Crippen molar-refractivity contribution in [3.8, 4) is 0 Å². The van der Waals surface area contributed by atoms with Crippen LogP contribution in [0.25, 0.3) is 0 Å². The molecule has 2 N–H and O–H groups in total. The van der Waals surface area contributed by atoms with Crippen molar-refractivity contribution in [2.75, 3.05) is 33.2 Å². The summed E-state index contributed by atoms with van der Waals surface area (Å²) >= 11 is 0. The number of amides is 1. The topological polar surface area (TPSA) is 49.6 Å². The molecule has 0 aromatic heterocycles. The summed E-state index contributed by atoms with van der Waals surface area (Å²) in [7, 11) is 1.94. The maximum Gasteiger partial charge on any atom is 0.257 e. The Bertz CT molecular complexity index is 487. The third kappa shape index (κ3) is 3.45. The van der Waals surface area contributed by atoms with Gasteiger partial charge in [-0.15, -0.1) is 12.4 Å². The molecule has 0 spiro atoms. The van der Waals surface area contributed by atoms with E-state index in [-0.39, 0.29) is 24.0 Å². The first-order valence-corrected chi connectivity index (χ1v) is 6.17. The molecule has 20 heavy (non-hydrogen) atoms. The number of nitrogens with two attached hydrogens (primary N) is 1. The van der Waals surface area contributed by atoms with E-state index in [0.29, 0.717) is 26.2 Å². The van der Waals surface area contributed by atoms with Crippen LogP contribution in [0.3, 0.4) is 0 Å². The van der Waals surface area contributed by atoms with Crippen molar-refractivity contribution < 1.29 is 13.6 Å². The molecule has 1 aliphatic heterocycles. The molecular formula is C13H18ClF2N3O. The molecule has 1 heterocycles. The van der Waals surface area contributed by atoms with E-state index in [9.17, 15) is 13.6 Å². The predicted octanol–water partition coefficient (Wildman–Crippen LogP) is 1.10. The zero-order chi connectivity index (χ0) is 14.0. The molecule has 0 saturated carbocycles. The zero-order valence-electron chi connectivity index (χ0n) is 11.2. The van der Waals surface area contributed by atoms with Crippen molar-refractivity contribution >= 4 is 18.3 Å². The van der Waals surface area contributed by atoms with Crippen molar-refractivity contribution in [3.05, 3.63) is 35.4 Å². The Morgan fingerprint density at radius 3 is 2.75 bits per heavy atom. The molecule has 0 radical (unpaired) electrons. The number of carbonyl (C=O) groups excluding carboxylic acids is 1. The van der Waals surface area contributed by atoms with Crippen molar-refractivity contribution in [3.63, 3.8) is 0 Å². The molecule has 0 aliphatic carbocycles. The van der Waals surface area contributed by atoms with Crippen molar-refractivity contribution in [2.24, 2.45) is 5.73 Å². The molecule has 2 rings (SSSR count). The van der Waals surface area contributed by atoms with Crippen LogP contribution in [0.4, 0.5) is 8.78 Å². The lowest BCUT2D eigenvalue weighted by Gasteiger charge is -2.39. The average molecular weight is 306 g/mol. The molecule has 1 atom stereocenters. The number of rotatable bonds is 2. The molecule has 1 unspecified atom stereocenters. The molecule has 1 amide bonds. The van der Waals surface area contributed by atoms with Gasteiger partial charge in [0.15, 0.2) is 0 Å². The van der Waals surface area contributed by atoms with Crippen LogP contribution in [0, 0.1) is 11.6 Å². The van der Waals surface area contributed by atoms with Crippen LogP contribution in [0.15, 0.2) is 18.2 Å². The molecule has 1 aliphatic rings. The van der Waals surface area contributed by atoms with Crippen molar-refractivity contribution in [1.82, 2.24) is 9.80 Å². The van der Waals surface area contributed by atoms with E-state index in [1.165, 1.54) is 4.90 Å². The van der Waals surface area contributed by atoms with E-state index in [2.05, 4.69) is 4.90 Å². The summed E-state index contributed by atoms with van der Waals surface area (Å²) in [5.74, 6) is -1.83. The van der Waals surface area contributed by atoms with Gasteiger partial charge in [-0.25, -0.2) is 8.78 Å². The summed E-state index contributed by atoms with van der Waals surface area (Å²) in [6.07, 6.45) is 0. The summed E-state index contributed by atoms with van der Waals surface area (Å²) in [5.41, 5.74) is 5.42. The molecule has 1 aromatic carbocycles. The normalized spacial score (nSPS) is 19.6. The fraction of sp³-hybridized carbons (Fsp3) is 0.462. The van der Waals surface area contributed by atoms with E-state index < -0.39 is 17.5 Å². The van der Waals surface area contributed by atoms with Gasteiger partial charge in [0.1, 0.15) is 11.6 Å². The third-order valence-corrected chi connectivity index (χ3v) is 3.38. The first kappa shape index (κ1) is 16.8. The molecule has 0 bridgehead atoms. The van der Waals surface area contributed by atoms with E-state index in [1.54, 1.807) is 0 Å². The van der Waals surface area contributed by atoms with Gasteiger partial charge in [0.05, 0.1) is 11.6 Å². The Morgan fingerprint density at radius 1 is 1.40 bits per heavy atom. The van der Waals surface area contributed by atoms with E-state index >= 15 is 0 Å². The van der Waals surface area contributed by atoms with Crippen LogP contribution < -0.4 is 5.73 Å². The fourth-order valence-corrected chi connectivity index (χ4v) is 2.30. The SMILES string of the molecule is CN1CCN(C(=O)c2cc(F)ccc2F)C(CN)C1.Cl. The highest BCUT2D eigenvalue weighted by molar-refractivity contribution is 5.94. The Kier molecular flexibility index (Phi) is 5.86. The maximum absolute atomic E-state index is 13.6. The quantitative estimate of drug-likeness (QED) is 0.890. The molecule has 1 aromatic rings. The molecular weight excluding hydrogens is 288 g/mol. The van der Waals surface area contributed by atoms with Crippen LogP contribution in [-0.4, -0.2) is 55.0 Å². The van der Waals surface area contributed by atoms with Crippen molar-refractivity contribution in [2.45, 2.75) is 6.04 Å². The largest absolute Gasteiger partial charge is 0.332 e. The number of halogens is 3. The number of nitrogens with zero attached hydrogens (tertiary/aromatic N) is 2. The lowest BCUT2D eigenvalue weighted by atomic mass is 10.1. The highest BCUT2D eigenvalue weighted by Crippen LogP contribution is 2.16. The smallest absolute Gasteiger partial charge is 0.257 e. The van der Waals surface area contributed by atoms with Crippen LogP contribution in [0.2, 0.25) is 0 Å². The van der Waals surface area contributed by atoms with Crippen LogP contribution in [0.5, 0.6) is 0 Å². The minimum Gasteiger partial charge on any atom is -0.332 e. The molecule has 1 fully saturated rings. The second kappa shape index (κ2) is 6.97. The summed E-state index contributed by atoms with van der Waals surface area (Å²) in [4.78, 5) is 15.9. The number of hydrogen-bond donors (Lipinski definition) is 1. The number of likely N-dealkylation sites (N-methyl/N-ethyl adjacent to an activating group) is 1. The second-order valence-electron chi connectivity index (χ2n) is 4.77. The van der Waals surface area contributed by atoms with Gasteiger partial charge < -0.3 is 15.5 Å². The summed E-state index contributed by atoms with van der Waals surface area (Å²) in [6.45, 7) is 2.10. The van der Waals surface area contributed by atoms with Crippen molar-refractivity contribution in [1.29, 1.82) is 0 Å². The minimum absolute atomic E-state index is 0. The molecule has 7 heteroatoms.